The van der Waals surface area contributed by atoms with Crippen molar-refractivity contribution in [2.24, 2.45) is 5.73 Å². The average molecular weight is 183 g/mol. The quantitative estimate of drug-likeness (QED) is 0.616. The summed E-state index contributed by atoms with van der Waals surface area (Å²) in [5.74, 6) is 0.0469. The molecule has 1 amide bonds. The second-order valence-electron chi connectivity index (χ2n) is 3.41. The van der Waals surface area contributed by atoms with Gasteiger partial charge in [-0.05, 0) is 6.92 Å². The highest BCUT2D eigenvalue weighted by atomic mass is 16.2. The molecule has 0 fully saturated rings. The van der Waals surface area contributed by atoms with Gasteiger partial charge in [0.1, 0.15) is 0 Å². The lowest BCUT2D eigenvalue weighted by molar-refractivity contribution is -0.126. The predicted molar refractivity (Wildman–Crippen MR) is 52.0 cm³/mol. The highest BCUT2D eigenvalue weighted by Gasteiger charge is 2.26. The minimum absolute atomic E-state index is 0.0469. The maximum absolute atomic E-state index is 11.7. The number of hydrogen-bond acceptors (Lipinski definition) is 3. The van der Waals surface area contributed by atoms with Crippen LogP contribution in [-0.4, -0.2) is 37.5 Å². The summed E-state index contributed by atoms with van der Waals surface area (Å²) in [4.78, 5) is 13.4. The molecule has 1 aliphatic heterocycles. The first-order valence-electron chi connectivity index (χ1n) is 4.49. The van der Waals surface area contributed by atoms with Crippen molar-refractivity contribution in [3.05, 3.63) is 11.3 Å². The van der Waals surface area contributed by atoms with Crippen LogP contribution in [0.25, 0.3) is 0 Å². The standard InChI is InChI=1S/C9H17N3O/c1-6(10)8-7(11-2)4-5-12(3)9(8)13/h6,11H,4-5,10H2,1-3H3. The van der Waals surface area contributed by atoms with Crippen LogP contribution in [0.4, 0.5) is 0 Å². The van der Waals surface area contributed by atoms with E-state index in [1.807, 2.05) is 14.0 Å². The van der Waals surface area contributed by atoms with Crippen molar-refractivity contribution < 1.29 is 4.79 Å². The molecule has 1 heterocycles. The smallest absolute Gasteiger partial charge is 0.252 e. The van der Waals surface area contributed by atoms with Crippen LogP contribution in [0.5, 0.6) is 0 Å². The molecule has 1 unspecified atom stereocenters. The molecule has 0 saturated carbocycles. The van der Waals surface area contributed by atoms with Crippen LogP contribution in [0.15, 0.2) is 11.3 Å². The van der Waals surface area contributed by atoms with Crippen LogP contribution < -0.4 is 11.1 Å². The fraction of sp³-hybridized carbons (Fsp3) is 0.667. The Labute approximate surface area is 78.8 Å². The molecule has 0 saturated heterocycles. The Bertz CT molecular complexity index is 245. The third-order valence-corrected chi connectivity index (χ3v) is 2.36. The molecular weight excluding hydrogens is 166 g/mol. The van der Waals surface area contributed by atoms with Crippen LogP contribution in [0.2, 0.25) is 0 Å². The van der Waals surface area contributed by atoms with Gasteiger partial charge in [-0.25, -0.2) is 0 Å². The molecule has 3 N–H and O–H groups in total. The number of nitrogens with zero attached hydrogens (tertiary/aromatic N) is 1. The molecule has 0 spiro atoms. The number of carbonyl (C=O) groups is 1. The number of nitrogens with two attached hydrogens (primary N) is 1. The number of nitrogens with one attached hydrogen (secondary N) is 1. The van der Waals surface area contributed by atoms with Crippen molar-refractivity contribution in [2.45, 2.75) is 19.4 Å². The van der Waals surface area contributed by atoms with Crippen LogP contribution in [0, 0.1) is 0 Å². The van der Waals surface area contributed by atoms with Gasteiger partial charge in [0.25, 0.3) is 5.91 Å². The summed E-state index contributed by atoms with van der Waals surface area (Å²) in [5.41, 5.74) is 7.44. The fourth-order valence-electron chi connectivity index (χ4n) is 1.58. The molecular formula is C9H17N3O. The number of amides is 1. The van der Waals surface area contributed by atoms with E-state index in [1.54, 1.807) is 11.9 Å². The SMILES string of the molecule is CNC1=C(C(C)N)C(=O)N(C)CC1. The molecule has 1 aliphatic rings. The van der Waals surface area contributed by atoms with E-state index in [9.17, 15) is 4.79 Å². The highest BCUT2D eigenvalue weighted by molar-refractivity contribution is 5.95. The summed E-state index contributed by atoms with van der Waals surface area (Å²) in [6.45, 7) is 2.61. The number of carbonyl (C=O) groups excluding carboxylic acids is 1. The van der Waals surface area contributed by atoms with E-state index < -0.39 is 0 Å². The molecule has 0 aromatic rings. The lowest BCUT2D eigenvalue weighted by Crippen LogP contribution is -2.41. The van der Waals surface area contributed by atoms with Gasteiger partial charge in [-0.3, -0.25) is 4.79 Å². The summed E-state index contributed by atoms with van der Waals surface area (Å²) in [5, 5.41) is 3.04. The molecule has 13 heavy (non-hydrogen) atoms. The molecule has 4 heteroatoms. The molecule has 1 rings (SSSR count). The zero-order valence-corrected chi connectivity index (χ0v) is 8.42. The lowest BCUT2D eigenvalue weighted by atomic mass is 10.00. The van der Waals surface area contributed by atoms with E-state index >= 15 is 0 Å². The van der Waals surface area contributed by atoms with E-state index in [-0.39, 0.29) is 11.9 Å². The summed E-state index contributed by atoms with van der Waals surface area (Å²) >= 11 is 0. The van der Waals surface area contributed by atoms with Gasteiger partial charge in [0.05, 0.1) is 5.57 Å². The summed E-state index contributed by atoms with van der Waals surface area (Å²) in [6, 6.07) is -0.197. The monoisotopic (exact) mass is 183 g/mol. The normalized spacial score (nSPS) is 20.6. The molecule has 74 valence electrons. The van der Waals surface area contributed by atoms with E-state index in [0.717, 1.165) is 24.2 Å². The summed E-state index contributed by atoms with van der Waals surface area (Å²) in [6.07, 6.45) is 0.871. The van der Waals surface area contributed by atoms with Gasteiger partial charge in [0, 0.05) is 38.8 Å². The van der Waals surface area contributed by atoms with Crippen LogP contribution in [0.1, 0.15) is 13.3 Å². The molecule has 0 bridgehead atoms. The molecule has 4 nitrogen and oxygen atoms in total. The second kappa shape index (κ2) is 3.79. The van der Waals surface area contributed by atoms with Crippen molar-refractivity contribution in [2.75, 3.05) is 20.6 Å². The highest BCUT2D eigenvalue weighted by Crippen LogP contribution is 2.17. The Morgan fingerprint density at radius 3 is 2.69 bits per heavy atom. The van der Waals surface area contributed by atoms with E-state index in [4.69, 9.17) is 5.73 Å². The predicted octanol–water partition coefficient (Wildman–Crippen LogP) is -0.331. The van der Waals surface area contributed by atoms with Crippen molar-refractivity contribution in [3.63, 3.8) is 0 Å². The van der Waals surface area contributed by atoms with Crippen LogP contribution in [-0.2, 0) is 4.79 Å². The van der Waals surface area contributed by atoms with Gasteiger partial charge in [-0.1, -0.05) is 0 Å². The van der Waals surface area contributed by atoms with Gasteiger partial charge >= 0.3 is 0 Å². The van der Waals surface area contributed by atoms with Crippen molar-refractivity contribution in [1.82, 2.24) is 10.2 Å². The maximum atomic E-state index is 11.7. The van der Waals surface area contributed by atoms with Gasteiger partial charge in [0.15, 0.2) is 0 Å². The van der Waals surface area contributed by atoms with E-state index in [0.29, 0.717) is 0 Å². The maximum Gasteiger partial charge on any atom is 0.252 e. The second-order valence-corrected chi connectivity index (χ2v) is 3.41. The lowest BCUT2D eigenvalue weighted by Gasteiger charge is -2.28. The zero-order valence-electron chi connectivity index (χ0n) is 8.42. The zero-order chi connectivity index (χ0) is 10.0. The Kier molecular flexibility index (Phi) is 2.93. The average Bonchev–Trinajstić information content (AvgIpc) is 2.08. The summed E-state index contributed by atoms with van der Waals surface area (Å²) in [7, 11) is 3.63. The van der Waals surface area contributed by atoms with Gasteiger partial charge < -0.3 is 16.0 Å². The topological polar surface area (TPSA) is 58.4 Å². The number of hydrogen-bond donors (Lipinski definition) is 2. The first-order valence-corrected chi connectivity index (χ1v) is 4.49. The Hall–Kier alpha value is -1.03. The molecule has 0 aromatic heterocycles. The van der Waals surface area contributed by atoms with Crippen molar-refractivity contribution in [3.8, 4) is 0 Å². The third-order valence-electron chi connectivity index (χ3n) is 2.36. The molecule has 0 aliphatic carbocycles. The van der Waals surface area contributed by atoms with Crippen molar-refractivity contribution >= 4 is 5.91 Å². The third kappa shape index (κ3) is 1.83. The largest absolute Gasteiger partial charge is 0.391 e. The Balaban J connectivity index is 3.01. The number of likely N-dealkylation sites (N-methyl/N-ethyl adjacent to an activating group) is 1. The first-order chi connectivity index (χ1) is 6.07. The minimum atomic E-state index is -0.197. The first kappa shape index (κ1) is 10.1. The Morgan fingerprint density at radius 2 is 2.23 bits per heavy atom. The van der Waals surface area contributed by atoms with Gasteiger partial charge in [-0.2, -0.15) is 0 Å². The van der Waals surface area contributed by atoms with Crippen LogP contribution >= 0.6 is 0 Å². The van der Waals surface area contributed by atoms with Crippen LogP contribution in [0.3, 0.4) is 0 Å². The molecule has 0 aromatic carbocycles. The van der Waals surface area contributed by atoms with Gasteiger partial charge in [-0.15, -0.1) is 0 Å². The molecule has 0 radical (unpaired) electrons. The minimum Gasteiger partial charge on any atom is -0.391 e. The Morgan fingerprint density at radius 1 is 1.62 bits per heavy atom. The van der Waals surface area contributed by atoms with E-state index in [2.05, 4.69) is 5.32 Å². The van der Waals surface area contributed by atoms with Crippen molar-refractivity contribution in [1.29, 1.82) is 0 Å². The molecule has 1 atom stereocenters. The van der Waals surface area contributed by atoms with E-state index in [1.165, 1.54) is 0 Å². The van der Waals surface area contributed by atoms with Gasteiger partial charge in [0.2, 0.25) is 0 Å². The number of rotatable bonds is 2. The summed E-state index contributed by atoms with van der Waals surface area (Å²) < 4.78 is 0. The fourth-order valence-corrected chi connectivity index (χ4v) is 1.58.